The third-order valence-corrected chi connectivity index (χ3v) is 4.12. The topological polar surface area (TPSA) is 20.2 Å². The number of hydrogen-bond donors (Lipinski definition) is 1. The van der Waals surface area contributed by atoms with Crippen LogP contribution in [-0.4, -0.2) is 11.2 Å². The monoisotopic (exact) mass is 168 g/mol. The molecule has 2 aliphatic carbocycles. The van der Waals surface area contributed by atoms with Crippen LogP contribution >= 0.6 is 0 Å². The maximum Gasteiger partial charge on any atom is 0.0573 e. The Kier molecular flexibility index (Phi) is 2.16. The molecule has 2 rings (SSSR count). The van der Waals surface area contributed by atoms with Gasteiger partial charge in [-0.3, -0.25) is 0 Å². The summed E-state index contributed by atoms with van der Waals surface area (Å²) in [6, 6.07) is 0. The van der Waals surface area contributed by atoms with E-state index in [1.165, 1.54) is 38.5 Å². The van der Waals surface area contributed by atoms with Gasteiger partial charge in [-0.25, -0.2) is 0 Å². The fourth-order valence-corrected chi connectivity index (χ4v) is 3.31. The van der Waals surface area contributed by atoms with Crippen molar-refractivity contribution < 1.29 is 5.11 Å². The molecule has 0 radical (unpaired) electrons. The zero-order chi connectivity index (χ0) is 8.60. The molecule has 3 atom stereocenters. The predicted octanol–water partition coefficient (Wildman–Crippen LogP) is 2.73. The van der Waals surface area contributed by atoms with E-state index in [0.717, 1.165) is 6.42 Å². The zero-order valence-corrected chi connectivity index (χ0v) is 8.05. The highest BCUT2D eigenvalue weighted by atomic mass is 16.3. The molecule has 0 amide bonds. The predicted molar refractivity (Wildman–Crippen MR) is 49.9 cm³/mol. The van der Waals surface area contributed by atoms with Crippen molar-refractivity contribution in [1.82, 2.24) is 0 Å². The molecule has 2 saturated carbocycles. The number of aliphatic hydroxyl groups excluding tert-OH is 1. The molecule has 0 bridgehead atoms. The van der Waals surface area contributed by atoms with E-state index >= 15 is 0 Å². The van der Waals surface area contributed by atoms with E-state index in [4.69, 9.17) is 0 Å². The Hall–Kier alpha value is -0.0400. The van der Waals surface area contributed by atoms with Crippen LogP contribution in [0.1, 0.15) is 51.9 Å². The van der Waals surface area contributed by atoms with E-state index in [2.05, 4.69) is 6.92 Å². The lowest BCUT2D eigenvalue weighted by Gasteiger charge is -2.47. The average molecular weight is 168 g/mol. The highest BCUT2D eigenvalue weighted by molar-refractivity contribution is 4.93. The Morgan fingerprint density at radius 3 is 2.58 bits per heavy atom. The van der Waals surface area contributed by atoms with Crippen LogP contribution in [-0.2, 0) is 0 Å². The molecule has 0 aromatic carbocycles. The summed E-state index contributed by atoms with van der Waals surface area (Å²) in [6.45, 7) is 2.39. The quantitative estimate of drug-likeness (QED) is 0.589. The Morgan fingerprint density at radius 1 is 1.08 bits per heavy atom. The third kappa shape index (κ3) is 1.28. The van der Waals surface area contributed by atoms with Crippen LogP contribution in [0.2, 0.25) is 0 Å². The molecule has 1 N–H and O–H groups in total. The van der Waals surface area contributed by atoms with Gasteiger partial charge in [0.15, 0.2) is 0 Å². The molecule has 12 heavy (non-hydrogen) atoms. The molecule has 1 heteroatoms. The molecule has 70 valence electrons. The van der Waals surface area contributed by atoms with Gasteiger partial charge in [-0.15, -0.1) is 0 Å². The van der Waals surface area contributed by atoms with Gasteiger partial charge in [0.1, 0.15) is 0 Å². The first kappa shape index (κ1) is 8.55. The van der Waals surface area contributed by atoms with Crippen molar-refractivity contribution in [3.63, 3.8) is 0 Å². The Balaban J connectivity index is 2.12. The molecule has 2 aliphatic rings. The summed E-state index contributed by atoms with van der Waals surface area (Å²) in [5.74, 6) is 0.625. The number of fused-ring (bicyclic) bond motifs is 1. The fraction of sp³-hybridized carbons (Fsp3) is 1.00. The molecule has 0 aliphatic heterocycles. The normalized spacial score (nSPS) is 48.5. The molecule has 1 nitrogen and oxygen atoms in total. The summed E-state index contributed by atoms with van der Waals surface area (Å²) < 4.78 is 0. The minimum absolute atomic E-state index is 0.0176. The van der Waals surface area contributed by atoms with Crippen molar-refractivity contribution in [1.29, 1.82) is 0 Å². The summed E-state index contributed by atoms with van der Waals surface area (Å²) >= 11 is 0. The Morgan fingerprint density at radius 2 is 1.83 bits per heavy atom. The second-order valence-electron chi connectivity index (χ2n) is 4.97. The highest BCUT2D eigenvalue weighted by Gasteiger charge is 2.42. The summed E-state index contributed by atoms with van der Waals surface area (Å²) in [4.78, 5) is 0. The van der Waals surface area contributed by atoms with Crippen molar-refractivity contribution in [2.45, 2.75) is 58.0 Å². The van der Waals surface area contributed by atoms with E-state index in [9.17, 15) is 5.11 Å². The molecule has 0 heterocycles. The lowest BCUT2D eigenvalue weighted by Crippen LogP contribution is -2.42. The van der Waals surface area contributed by atoms with Crippen LogP contribution in [0.4, 0.5) is 0 Å². The van der Waals surface area contributed by atoms with Gasteiger partial charge in [-0.1, -0.05) is 26.2 Å². The van der Waals surface area contributed by atoms with E-state index in [0.29, 0.717) is 11.3 Å². The van der Waals surface area contributed by atoms with Crippen molar-refractivity contribution in [2.75, 3.05) is 0 Å². The molecule has 2 fully saturated rings. The summed E-state index contributed by atoms with van der Waals surface area (Å²) in [6.07, 6.45) is 9.04. The standard InChI is InChI=1S/C11H20O/c1-11-7-3-2-5-9(11)10(12)6-4-8-11/h9-10,12H,2-8H2,1H3/t9-,10+,11+/m0/s1. The third-order valence-electron chi connectivity index (χ3n) is 4.12. The van der Waals surface area contributed by atoms with Crippen molar-refractivity contribution in [2.24, 2.45) is 11.3 Å². The summed E-state index contributed by atoms with van der Waals surface area (Å²) in [5, 5.41) is 9.87. The van der Waals surface area contributed by atoms with Crippen molar-refractivity contribution >= 4 is 0 Å². The van der Waals surface area contributed by atoms with E-state index in [1.807, 2.05) is 0 Å². The molecular weight excluding hydrogens is 148 g/mol. The summed E-state index contributed by atoms with van der Waals surface area (Å²) in [7, 11) is 0. The van der Waals surface area contributed by atoms with Crippen molar-refractivity contribution in [3.05, 3.63) is 0 Å². The van der Waals surface area contributed by atoms with Gasteiger partial charge in [-0.05, 0) is 37.0 Å². The number of rotatable bonds is 0. The van der Waals surface area contributed by atoms with E-state index < -0.39 is 0 Å². The lowest BCUT2D eigenvalue weighted by atomic mass is 9.59. The van der Waals surface area contributed by atoms with Gasteiger partial charge in [0, 0.05) is 0 Å². The molecule has 0 saturated heterocycles. The smallest absolute Gasteiger partial charge is 0.0573 e. The Labute approximate surface area is 75.2 Å². The van der Waals surface area contributed by atoms with Gasteiger partial charge in [0.25, 0.3) is 0 Å². The van der Waals surface area contributed by atoms with E-state index in [1.54, 1.807) is 0 Å². The van der Waals surface area contributed by atoms with Gasteiger partial charge in [0.05, 0.1) is 6.10 Å². The minimum Gasteiger partial charge on any atom is -0.393 e. The first-order valence-electron chi connectivity index (χ1n) is 5.40. The average Bonchev–Trinajstić information content (AvgIpc) is 2.04. The summed E-state index contributed by atoms with van der Waals surface area (Å²) in [5.41, 5.74) is 0.496. The van der Waals surface area contributed by atoms with E-state index in [-0.39, 0.29) is 6.10 Å². The minimum atomic E-state index is 0.0176. The van der Waals surface area contributed by atoms with Crippen LogP contribution in [0.25, 0.3) is 0 Å². The van der Waals surface area contributed by atoms with Crippen LogP contribution in [0.15, 0.2) is 0 Å². The van der Waals surface area contributed by atoms with Gasteiger partial charge in [0.2, 0.25) is 0 Å². The van der Waals surface area contributed by atoms with Gasteiger partial charge < -0.3 is 5.11 Å². The fourth-order valence-electron chi connectivity index (χ4n) is 3.31. The molecule has 0 aromatic rings. The van der Waals surface area contributed by atoms with Gasteiger partial charge >= 0.3 is 0 Å². The first-order valence-corrected chi connectivity index (χ1v) is 5.40. The van der Waals surface area contributed by atoms with Crippen LogP contribution < -0.4 is 0 Å². The molecule has 0 spiro atoms. The highest BCUT2D eigenvalue weighted by Crippen LogP contribution is 2.49. The van der Waals surface area contributed by atoms with Crippen LogP contribution in [0.3, 0.4) is 0 Å². The largest absolute Gasteiger partial charge is 0.393 e. The maximum absolute atomic E-state index is 9.87. The Bertz CT molecular complexity index is 162. The number of aliphatic hydroxyl groups is 1. The first-order chi connectivity index (χ1) is 5.72. The molecular formula is C11H20O. The maximum atomic E-state index is 9.87. The van der Waals surface area contributed by atoms with Crippen molar-refractivity contribution in [3.8, 4) is 0 Å². The molecule has 0 unspecified atom stereocenters. The van der Waals surface area contributed by atoms with Gasteiger partial charge in [-0.2, -0.15) is 0 Å². The lowest BCUT2D eigenvalue weighted by molar-refractivity contribution is -0.0436. The SMILES string of the molecule is C[C@]12CCCC[C@H]1[C@H](O)CCC2. The molecule has 0 aromatic heterocycles. The number of hydrogen-bond acceptors (Lipinski definition) is 1. The van der Waals surface area contributed by atoms with Crippen LogP contribution in [0.5, 0.6) is 0 Å². The zero-order valence-electron chi connectivity index (χ0n) is 8.05. The second kappa shape index (κ2) is 3.02. The second-order valence-corrected chi connectivity index (χ2v) is 4.97. The van der Waals surface area contributed by atoms with Crippen LogP contribution in [0, 0.1) is 11.3 Å².